The summed E-state index contributed by atoms with van der Waals surface area (Å²) in [4.78, 5) is 10.9. The van der Waals surface area contributed by atoms with Gasteiger partial charge in [0.1, 0.15) is 5.75 Å². The van der Waals surface area contributed by atoms with Crippen LogP contribution in [0.4, 0.5) is 13.2 Å². The smallest absolute Gasteiger partial charge is 0.417 e. The second-order valence-electron chi connectivity index (χ2n) is 5.39. The fourth-order valence-corrected chi connectivity index (χ4v) is 2.63. The van der Waals surface area contributed by atoms with E-state index in [4.69, 9.17) is 9.84 Å². The highest BCUT2D eigenvalue weighted by atomic mass is 19.4. The molecule has 0 spiro atoms. The molecule has 8 heteroatoms. The molecule has 0 unspecified atom stereocenters. The summed E-state index contributed by atoms with van der Waals surface area (Å²) in [6.07, 6.45) is -1.91. The van der Waals surface area contributed by atoms with E-state index in [0.717, 1.165) is 6.07 Å². The zero-order valence-electron chi connectivity index (χ0n) is 13.0. The molecule has 25 heavy (non-hydrogen) atoms. The summed E-state index contributed by atoms with van der Waals surface area (Å²) < 4.78 is 46.5. The molecule has 5 nitrogen and oxygen atoms in total. The van der Waals surface area contributed by atoms with Crippen LogP contribution >= 0.6 is 0 Å². The number of methoxy groups -OCH3 is 1. The van der Waals surface area contributed by atoms with Crippen molar-refractivity contribution in [2.24, 2.45) is 0 Å². The predicted octanol–water partition coefficient (Wildman–Crippen LogP) is 3.66. The van der Waals surface area contributed by atoms with Crippen LogP contribution in [0.5, 0.6) is 5.75 Å². The minimum atomic E-state index is -4.53. The lowest BCUT2D eigenvalue weighted by atomic mass is 9.99. The maximum absolute atomic E-state index is 13.3. The van der Waals surface area contributed by atoms with Crippen molar-refractivity contribution in [3.8, 4) is 16.9 Å². The Morgan fingerprint density at radius 3 is 2.68 bits per heavy atom. The second-order valence-corrected chi connectivity index (χ2v) is 5.39. The maximum Gasteiger partial charge on any atom is 0.417 e. The first-order valence-electron chi connectivity index (χ1n) is 7.23. The fraction of sp³-hybridized carbons (Fsp3) is 0.176. The number of pyridine rings is 1. The molecule has 0 saturated carbocycles. The van der Waals surface area contributed by atoms with Gasteiger partial charge in [0, 0.05) is 11.8 Å². The third kappa shape index (κ3) is 3.28. The van der Waals surface area contributed by atoms with E-state index in [9.17, 15) is 18.0 Å². The molecule has 2 aromatic heterocycles. The van der Waals surface area contributed by atoms with Gasteiger partial charge >= 0.3 is 12.1 Å². The summed E-state index contributed by atoms with van der Waals surface area (Å²) in [6, 6.07) is 6.51. The summed E-state index contributed by atoms with van der Waals surface area (Å²) in [5.41, 5.74) is 0.321. The molecule has 0 aliphatic carbocycles. The molecule has 0 fully saturated rings. The van der Waals surface area contributed by atoms with E-state index in [2.05, 4.69) is 5.10 Å². The fourth-order valence-electron chi connectivity index (χ4n) is 2.63. The quantitative estimate of drug-likeness (QED) is 0.780. The summed E-state index contributed by atoms with van der Waals surface area (Å²) in [7, 11) is 1.37. The summed E-state index contributed by atoms with van der Waals surface area (Å²) in [5, 5.41) is 13.0. The van der Waals surface area contributed by atoms with Gasteiger partial charge in [-0.25, -0.2) is 4.52 Å². The topological polar surface area (TPSA) is 63.8 Å². The normalized spacial score (nSPS) is 11.7. The second kappa shape index (κ2) is 6.12. The van der Waals surface area contributed by atoms with E-state index in [-0.39, 0.29) is 12.0 Å². The Morgan fingerprint density at radius 2 is 2.04 bits per heavy atom. The van der Waals surface area contributed by atoms with E-state index in [1.165, 1.54) is 48.3 Å². The van der Waals surface area contributed by atoms with Crippen molar-refractivity contribution in [3.63, 3.8) is 0 Å². The number of hydrogen-bond acceptors (Lipinski definition) is 3. The molecule has 0 saturated heterocycles. The first kappa shape index (κ1) is 16.8. The number of aromatic nitrogens is 2. The van der Waals surface area contributed by atoms with Gasteiger partial charge in [-0.2, -0.15) is 18.3 Å². The number of carboxylic acids is 1. The van der Waals surface area contributed by atoms with Crippen molar-refractivity contribution in [2.75, 3.05) is 7.11 Å². The molecular weight excluding hydrogens is 337 g/mol. The Kier molecular flexibility index (Phi) is 4.12. The van der Waals surface area contributed by atoms with Gasteiger partial charge in [0.2, 0.25) is 0 Å². The molecule has 1 aromatic carbocycles. The van der Waals surface area contributed by atoms with Crippen molar-refractivity contribution >= 4 is 11.5 Å². The minimum absolute atomic E-state index is 0.0446. The molecule has 0 aliphatic rings. The van der Waals surface area contributed by atoms with Crippen molar-refractivity contribution in [3.05, 3.63) is 53.9 Å². The Morgan fingerprint density at radius 1 is 1.28 bits per heavy atom. The van der Waals surface area contributed by atoms with Crippen molar-refractivity contribution in [1.82, 2.24) is 9.61 Å². The van der Waals surface area contributed by atoms with E-state index in [1.54, 1.807) is 0 Å². The number of nitrogens with zero attached hydrogens (tertiary/aromatic N) is 2. The summed E-state index contributed by atoms with van der Waals surface area (Å²) in [6.45, 7) is 0. The highest BCUT2D eigenvalue weighted by molar-refractivity contribution is 5.78. The monoisotopic (exact) mass is 350 g/mol. The van der Waals surface area contributed by atoms with Crippen LogP contribution in [-0.4, -0.2) is 27.8 Å². The summed E-state index contributed by atoms with van der Waals surface area (Å²) in [5.74, 6) is -0.750. The van der Waals surface area contributed by atoms with E-state index >= 15 is 0 Å². The lowest BCUT2D eigenvalue weighted by molar-refractivity contribution is -0.137. The van der Waals surface area contributed by atoms with Crippen LogP contribution in [0.25, 0.3) is 16.6 Å². The number of halogens is 3. The van der Waals surface area contributed by atoms with Crippen LogP contribution in [0.2, 0.25) is 0 Å². The average molecular weight is 350 g/mol. The first-order chi connectivity index (χ1) is 11.8. The third-order valence-corrected chi connectivity index (χ3v) is 3.79. The zero-order chi connectivity index (χ0) is 18.2. The molecule has 0 aliphatic heterocycles. The molecule has 3 rings (SSSR count). The molecule has 2 heterocycles. The number of benzene rings is 1. The number of aliphatic carboxylic acids is 1. The lowest BCUT2D eigenvalue weighted by Gasteiger charge is -2.14. The molecule has 3 aromatic rings. The van der Waals surface area contributed by atoms with Crippen molar-refractivity contribution in [2.45, 2.75) is 12.6 Å². The molecule has 130 valence electrons. The molecule has 0 atom stereocenters. The molecule has 1 N–H and O–H groups in total. The molecular formula is C17H13F3N2O3. The van der Waals surface area contributed by atoms with Crippen LogP contribution in [0.15, 0.2) is 42.7 Å². The predicted molar refractivity (Wildman–Crippen MR) is 83.5 cm³/mol. The Hall–Kier alpha value is -3.03. The van der Waals surface area contributed by atoms with E-state index < -0.39 is 17.7 Å². The van der Waals surface area contributed by atoms with Crippen LogP contribution in [0.1, 0.15) is 11.1 Å². The Labute approximate surface area is 140 Å². The number of ether oxygens (including phenoxy) is 1. The van der Waals surface area contributed by atoms with E-state index in [0.29, 0.717) is 22.4 Å². The average Bonchev–Trinajstić information content (AvgIpc) is 2.95. The molecule has 0 radical (unpaired) electrons. The first-order valence-corrected chi connectivity index (χ1v) is 7.23. The van der Waals surface area contributed by atoms with Gasteiger partial charge in [-0.3, -0.25) is 4.79 Å². The van der Waals surface area contributed by atoms with Crippen LogP contribution in [-0.2, 0) is 17.4 Å². The van der Waals surface area contributed by atoms with Gasteiger partial charge in [-0.1, -0.05) is 0 Å². The van der Waals surface area contributed by atoms with Gasteiger partial charge in [0.25, 0.3) is 0 Å². The number of hydrogen-bond donors (Lipinski definition) is 1. The van der Waals surface area contributed by atoms with Gasteiger partial charge in [-0.15, -0.1) is 0 Å². The van der Waals surface area contributed by atoms with E-state index in [1.807, 2.05) is 0 Å². The van der Waals surface area contributed by atoms with Crippen molar-refractivity contribution in [1.29, 1.82) is 0 Å². The number of carbonyl (C=O) groups is 1. The lowest BCUT2D eigenvalue weighted by Crippen LogP contribution is -2.07. The largest absolute Gasteiger partial charge is 0.497 e. The van der Waals surface area contributed by atoms with Crippen LogP contribution < -0.4 is 4.74 Å². The van der Waals surface area contributed by atoms with Gasteiger partial charge < -0.3 is 9.84 Å². The zero-order valence-corrected chi connectivity index (χ0v) is 13.0. The maximum atomic E-state index is 13.3. The number of rotatable bonds is 4. The standard InChI is InChI=1S/C17H13F3N2O3/c1-25-12-2-3-14(17(18,19)20)13(8-12)10-4-5-22-15(6-10)11(9-21-22)7-16(23)24/h2-6,8-9H,7H2,1H3,(H,23,24). The highest BCUT2D eigenvalue weighted by Crippen LogP contribution is 2.39. The van der Waals surface area contributed by atoms with Crippen LogP contribution in [0, 0.1) is 0 Å². The van der Waals surface area contributed by atoms with Gasteiger partial charge in [-0.05, 0) is 41.5 Å². The van der Waals surface area contributed by atoms with Crippen LogP contribution in [0.3, 0.4) is 0 Å². The van der Waals surface area contributed by atoms with Gasteiger partial charge in [0.15, 0.2) is 0 Å². The highest BCUT2D eigenvalue weighted by Gasteiger charge is 2.34. The number of alkyl halides is 3. The summed E-state index contributed by atoms with van der Waals surface area (Å²) >= 11 is 0. The SMILES string of the molecule is COc1ccc(C(F)(F)F)c(-c2ccn3ncc(CC(=O)O)c3c2)c1. The molecule has 0 amide bonds. The molecule has 0 bridgehead atoms. The van der Waals surface area contributed by atoms with Crippen molar-refractivity contribution < 1.29 is 27.8 Å². The minimum Gasteiger partial charge on any atom is -0.497 e. The van der Waals surface area contributed by atoms with Gasteiger partial charge in [0.05, 0.1) is 30.8 Å². The number of carboxylic acid groups (broad SMARTS) is 1. The Balaban J connectivity index is 2.20. The Bertz CT molecular complexity index is 948. The third-order valence-electron chi connectivity index (χ3n) is 3.79. The number of fused-ring (bicyclic) bond motifs is 1.